The van der Waals surface area contributed by atoms with Crippen molar-refractivity contribution in [2.45, 2.75) is 36.9 Å². The maximum absolute atomic E-state index is 11.6. The number of carboxylic acids is 1. The van der Waals surface area contributed by atoms with Crippen LogP contribution in [-0.4, -0.2) is 59.7 Å². The van der Waals surface area contributed by atoms with Crippen molar-refractivity contribution < 1.29 is 72.4 Å². The highest BCUT2D eigenvalue weighted by Crippen LogP contribution is 2.35. The smallest absolute Gasteiger partial charge is 0.423 e. The van der Waals surface area contributed by atoms with Crippen LogP contribution in [0.5, 0.6) is 0 Å². The van der Waals surface area contributed by atoms with Crippen molar-refractivity contribution >= 4 is 5.97 Å². The molecule has 0 rings (SSSR count). The summed E-state index contributed by atoms with van der Waals surface area (Å²) in [6, 6.07) is 0. The van der Waals surface area contributed by atoms with Crippen LogP contribution in [0, 0.1) is 0 Å². The Kier molecular flexibility index (Phi) is 8.35. The summed E-state index contributed by atoms with van der Waals surface area (Å²) < 4.78 is 139. The molecule has 0 amide bonds. The molecule has 0 saturated heterocycles. The molecule has 0 aromatic heterocycles. The van der Waals surface area contributed by atoms with E-state index in [4.69, 9.17) is 10.2 Å². The Morgan fingerprint density at radius 3 is 1.17 bits per heavy atom. The lowest BCUT2D eigenvalue weighted by Gasteiger charge is -2.22. The van der Waals surface area contributed by atoms with Crippen molar-refractivity contribution in [1.29, 1.82) is 0 Å². The average molecular weight is 394 g/mol. The second-order valence-electron chi connectivity index (χ2n) is 3.65. The summed E-state index contributed by atoms with van der Waals surface area (Å²) in [5.41, 5.74) is 0. The molecule has 0 saturated carbocycles. The molecule has 0 aromatic rings. The molecule has 0 aliphatic heterocycles. The molecular weight excluding hydrogens is 388 g/mol. The first-order valence-corrected chi connectivity index (χ1v) is 4.99. The Balaban J connectivity index is 0. The number of alkyl halides is 12. The van der Waals surface area contributed by atoms with Gasteiger partial charge in [0, 0.05) is 0 Å². The number of aliphatic hydroxyl groups is 1. The highest BCUT2D eigenvalue weighted by molar-refractivity contribution is 5.68. The van der Waals surface area contributed by atoms with Crippen molar-refractivity contribution in [3.05, 3.63) is 0 Å². The standard InChI is InChI=1S/C5H4F6O3.C3H2F6O/c6-4(7,8)3(5(9,10)11)14-1-2(12)13;4-2(5,6)1(10)3(7,8)9/h3H,1H2,(H,12,13);1,10H. The molecule has 2 N–H and O–H groups in total. The van der Waals surface area contributed by atoms with Gasteiger partial charge in [0.15, 0.2) is 0 Å². The number of carboxylic acid groups (broad SMARTS) is 1. The number of aliphatic carboxylic acids is 1. The van der Waals surface area contributed by atoms with Gasteiger partial charge in [-0.2, -0.15) is 52.7 Å². The largest absolute Gasteiger partial charge is 0.480 e. The molecule has 4 nitrogen and oxygen atoms in total. The zero-order chi connectivity index (χ0) is 20.1. The van der Waals surface area contributed by atoms with Crippen LogP contribution >= 0.6 is 0 Å². The minimum atomic E-state index is -5.67. The highest BCUT2D eigenvalue weighted by Gasteiger charge is 2.58. The minimum absolute atomic E-state index is 1.66. The molecule has 0 aromatic carbocycles. The fourth-order valence-electron chi connectivity index (χ4n) is 0.715. The maximum atomic E-state index is 11.6. The monoisotopic (exact) mass is 394 g/mol. The summed E-state index contributed by atoms with van der Waals surface area (Å²) in [6.45, 7) is -1.66. The third kappa shape index (κ3) is 10.3. The zero-order valence-corrected chi connectivity index (χ0v) is 10.6. The molecule has 0 unspecified atom stereocenters. The highest BCUT2D eigenvalue weighted by atomic mass is 19.4. The van der Waals surface area contributed by atoms with Crippen LogP contribution in [0.25, 0.3) is 0 Å². The van der Waals surface area contributed by atoms with E-state index in [9.17, 15) is 57.5 Å². The number of hydrogen-bond donors (Lipinski definition) is 2. The number of halogens is 12. The van der Waals surface area contributed by atoms with Gasteiger partial charge in [0.1, 0.15) is 6.61 Å². The molecule has 0 radical (unpaired) electrons. The Morgan fingerprint density at radius 1 is 0.750 bits per heavy atom. The lowest BCUT2D eigenvalue weighted by molar-refractivity contribution is -0.320. The van der Waals surface area contributed by atoms with Crippen molar-refractivity contribution in [3.8, 4) is 0 Å². The van der Waals surface area contributed by atoms with E-state index in [1.807, 2.05) is 0 Å². The van der Waals surface area contributed by atoms with Crippen LogP contribution in [0.4, 0.5) is 52.7 Å². The zero-order valence-electron chi connectivity index (χ0n) is 10.6. The van der Waals surface area contributed by atoms with Gasteiger partial charge in [-0.1, -0.05) is 0 Å². The Bertz CT molecular complexity index is 364. The molecule has 146 valence electrons. The van der Waals surface area contributed by atoms with Crippen LogP contribution in [0.1, 0.15) is 0 Å². The van der Waals surface area contributed by atoms with Gasteiger partial charge < -0.3 is 14.9 Å². The molecule has 24 heavy (non-hydrogen) atoms. The quantitative estimate of drug-likeness (QED) is 0.723. The topological polar surface area (TPSA) is 66.8 Å². The van der Waals surface area contributed by atoms with E-state index < -0.39 is 49.5 Å². The molecule has 0 fully saturated rings. The molecular formula is C8H6F12O4. The normalized spacial score (nSPS) is 13.8. The number of rotatable bonds is 3. The van der Waals surface area contributed by atoms with E-state index >= 15 is 0 Å². The first-order chi connectivity index (χ1) is 10.2. The van der Waals surface area contributed by atoms with E-state index in [1.165, 1.54) is 0 Å². The van der Waals surface area contributed by atoms with Gasteiger partial charge in [0.25, 0.3) is 0 Å². The van der Waals surface area contributed by atoms with Crippen molar-refractivity contribution in [2.24, 2.45) is 0 Å². The van der Waals surface area contributed by atoms with Crippen LogP contribution in [-0.2, 0) is 9.53 Å². The first-order valence-electron chi connectivity index (χ1n) is 4.99. The van der Waals surface area contributed by atoms with E-state index in [-0.39, 0.29) is 0 Å². The van der Waals surface area contributed by atoms with E-state index in [1.54, 1.807) is 0 Å². The Morgan fingerprint density at radius 2 is 1.04 bits per heavy atom. The molecule has 0 heterocycles. The van der Waals surface area contributed by atoms with E-state index in [2.05, 4.69) is 4.74 Å². The van der Waals surface area contributed by atoms with E-state index in [0.717, 1.165) is 0 Å². The molecule has 0 aliphatic carbocycles. The second-order valence-corrected chi connectivity index (χ2v) is 3.65. The van der Waals surface area contributed by atoms with Crippen LogP contribution < -0.4 is 0 Å². The predicted molar refractivity (Wildman–Crippen MR) is 47.6 cm³/mol. The van der Waals surface area contributed by atoms with Crippen LogP contribution in [0.15, 0.2) is 0 Å². The molecule has 0 aliphatic rings. The fourth-order valence-corrected chi connectivity index (χ4v) is 0.715. The minimum Gasteiger partial charge on any atom is -0.480 e. The summed E-state index contributed by atoms with van der Waals surface area (Å²) >= 11 is 0. The van der Waals surface area contributed by atoms with Crippen molar-refractivity contribution in [2.75, 3.05) is 6.61 Å². The summed E-state index contributed by atoms with van der Waals surface area (Å²) in [5, 5.41) is 15.3. The third-order valence-corrected chi connectivity index (χ3v) is 1.59. The van der Waals surface area contributed by atoms with Gasteiger partial charge in [-0.15, -0.1) is 0 Å². The fraction of sp³-hybridized carbons (Fsp3) is 0.875. The van der Waals surface area contributed by atoms with E-state index in [0.29, 0.717) is 0 Å². The number of hydrogen-bond acceptors (Lipinski definition) is 3. The molecule has 16 heteroatoms. The first kappa shape index (κ1) is 24.8. The Hall–Kier alpha value is -1.45. The predicted octanol–water partition coefficient (Wildman–Crippen LogP) is 3.05. The number of ether oxygens (including phenoxy) is 1. The van der Waals surface area contributed by atoms with Gasteiger partial charge in [-0.3, -0.25) is 0 Å². The van der Waals surface area contributed by atoms with Gasteiger partial charge in [-0.25, -0.2) is 4.79 Å². The SMILES string of the molecule is O=C(O)COC(C(F)(F)F)C(F)(F)F.OC(C(F)(F)F)C(F)(F)F. The average Bonchev–Trinajstić information content (AvgIpc) is 2.21. The number of aliphatic hydroxyl groups excluding tert-OH is 1. The van der Waals surface area contributed by atoms with Crippen LogP contribution in [0.2, 0.25) is 0 Å². The number of carbonyl (C=O) groups is 1. The Labute approximate surface area is 123 Å². The summed E-state index contributed by atoms with van der Waals surface area (Å²) in [6.07, 6.45) is -30.9. The van der Waals surface area contributed by atoms with Crippen molar-refractivity contribution in [1.82, 2.24) is 0 Å². The van der Waals surface area contributed by atoms with Gasteiger partial charge >= 0.3 is 30.7 Å². The summed E-state index contributed by atoms with van der Waals surface area (Å²) in [5.74, 6) is -1.91. The lowest BCUT2D eigenvalue weighted by Crippen LogP contribution is -2.45. The molecule has 0 bridgehead atoms. The van der Waals surface area contributed by atoms with Crippen molar-refractivity contribution in [3.63, 3.8) is 0 Å². The summed E-state index contributed by atoms with van der Waals surface area (Å²) in [4.78, 5) is 9.70. The van der Waals surface area contributed by atoms with Gasteiger partial charge in [0.05, 0.1) is 0 Å². The maximum Gasteiger partial charge on any atom is 0.423 e. The van der Waals surface area contributed by atoms with Gasteiger partial charge in [0.2, 0.25) is 12.2 Å². The lowest BCUT2D eigenvalue weighted by atomic mass is 10.3. The van der Waals surface area contributed by atoms with Gasteiger partial charge in [-0.05, 0) is 0 Å². The molecule has 0 spiro atoms. The molecule has 0 atom stereocenters. The summed E-state index contributed by atoms with van der Waals surface area (Å²) in [7, 11) is 0. The second kappa shape index (κ2) is 8.09. The third-order valence-electron chi connectivity index (χ3n) is 1.59. The van der Waals surface area contributed by atoms with Crippen LogP contribution in [0.3, 0.4) is 0 Å².